The molecule has 0 unspecified atom stereocenters. The van der Waals surface area contributed by atoms with Crippen LogP contribution in [-0.2, 0) is 6.54 Å². The zero-order valence-corrected chi connectivity index (χ0v) is 11.1. The van der Waals surface area contributed by atoms with E-state index in [1.165, 1.54) is 30.3 Å². The summed E-state index contributed by atoms with van der Waals surface area (Å²) >= 11 is 0. The van der Waals surface area contributed by atoms with E-state index >= 15 is 0 Å². The van der Waals surface area contributed by atoms with Gasteiger partial charge in [-0.2, -0.15) is 0 Å². The highest BCUT2D eigenvalue weighted by Gasteiger charge is 2.14. The Kier molecular flexibility index (Phi) is 4.29. The Bertz CT molecular complexity index is 606. The number of rotatable bonds is 4. The highest BCUT2D eigenvalue weighted by Crippen LogP contribution is 2.29. The summed E-state index contributed by atoms with van der Waals surface area (Å²) in [6, 6.07) is 6.30. The number of ether oxygens (including phenoxy) is 1. The lowest BCUT2D eigenvalue weighted by Gasteiger charge is -2.10. The summed E-state index contributed by atoms with van der Waals surface area (Å²) in [5, 5.41) is 2.81. The monoisotopic (exact) mass is 281 g/mol. The minimum absolute atomic E-state index is 0.183. The Balaban J connectivity index is 2.31. The Morgan fingerprint density at radius 1 is 1.00 bits per heavy atom. The summed E-state index contributed by atoms with van der Waals surface area (Å²) < 4.78 is 46.0. The van der Waals surface area contributed by atoms with Gasteiger partial charge in [0.2, 0.25) is 0 Å². The lowest BCUT2D eigenvalue weighted by Crippen LogP contribution is -2.06. The van der Waals surface area contributed by atoms with Crippen LogP contribution in [0.3, 0.4) is 0 Å². The SMILES string of the molecule is CNCc1cc(F)c(Oc2ccc(F)c(C)c2)c(F)c1. The molecule has 0 saturated carbocycles. The summed E-state index contributed by atoms with van der Waals surface area (Å²) in [4.78, 5) is 0. The summed E-state index contributed by atoms with van der Waals surface area (Å²) in [6.07, 6.45) is 0. The maximum Gasteiger partial charge on any atom is 0.198 e. The van der Waals surface area contributed by atoms with Crippen LogP contribution < -0.4 is 10.1 Å². The first-order valence-corrected chi connectivity index (χ1v) is 6.08. The minimum atomic E-state index is -0.794. The minimum Gasteiger partial charge on any atom is -0.451 e. The van der Waals surface area contributed by atoms with Crippen molar-refractivity contribution in [2.24, 2.45) is 0 Å². The molecule has 2 aromatic carbocycles. The lowest BCUT2D eigenvalue weighted by atomic mass is 10.2. The van der Waals surface area contributed by atoms with Crippen LogP contribution in [0, 0.1) is 24.4 Å². The lowest BCUT2D eigenvalue weighted by molar-refractivity contribution is 0.405. The predicted molar refractivity (Wildman–Crippen MR) is 70.3 cm³/mol. The third kappa shape index (κ3) is 3.11. The second-order valence-electron chi connectivity index (χ2n) is 4.43. The maximum absolute atomic E-state index is 13.8. The van der Waals surface area contributed by atoms with Crippen molar-refractivity contribution < 1.29 is 17.9 Å². The van der Waals surface area contributed by atoms with Gasteiger partial charge in [-0.25, -0.2) is 13.2 Å². The maximum atomic E-state index is 13.8. The van der Waals surface area contributed by atoms with E-state index in [0.29, 0.717) is 17.7 Å². The highest BCUT2D eigenvalue weighted by molar-refractivity contribution is 5.37. The first-order chi connectivity index (χ1) is 9.51. The van der Waals surface area contributed by atoms with Gasteiger partial charge in [0.1, 0.15) is 11.6 Å². The second-order valence-corrected chi connectivity index (χ2v) is 4.43. The van der Waals surface area contributed by atoms with Crippen molar-refractivity contribution in [3.8, 4) is 11.5 Å². The van der Waals surface area contributed by atoms with Crippen LogP contribution in [0.4, 0.5) is 13.2 Å². The number of aryl methyl sites for hydroxylation is 1. The molecule has 106 valence electrons. The van der Waals surface area contributed by atoms with Gasteiger partial charge >= 0.3 is 0 Å². The fourth-order valence-corrected chi connectivity index (χ4v) is 1.81. The molecule has 5 heteroatoms. The quantitative estimate of drug-likeness (QED) is 0.917. The van der Waals surface area contributed by atoms with Crippen LogP contribution in [0.25, 0.3) is 0 Å². The van der Waals surface area contributed by atoms with Crippen molar-refractivity contribution >= 4 is 0 Å². The standard InChI is InChI=1S/C15H14F3NO/c1-9-5-11(3-4-12(9)16)20-15-13(17)6-10(8-19-2)7-14(15)18/h3-7,19H,8H2,1-2H3. The van der Waals surface area contributed by atoms with Crippen molar-refractivity contribution in [1.29, 1.82) is 0 Å². The number of halogens is 3. The van der Waals surface area contributed by atoms with Crippen LogP contribution >= 0.6 is 0 Å². The molecule has 0 aliphatic carbocycles. The molecule has 1 N–H and O–H groups in total. The van der Waals surface area contributed by atoms with E-state index in [9.17, 15) is 13.2 Å². The van der Waals surface area contributed by atoms with E-state index in [2.05, 4.69) is 5.32 Å². The van der Waals surface area contributed by atoms with Gasteiger partial charge in [0, 0.05) is 6.54 Å². The molecule has 0 heterocycles. The molecule has 0 atom stereocenters. The van der Waals surface area contributed by atoms with Gasteiger partial charge in [0.15, 0.2) is 17.4 Å². The molecule has 2 rings (SSSR count). The molecule has 0 aliphatic rings. The Labute approximate surface area is 115 Å². The predicted octanol–water partition coefficient (Wildman–Crippen LogP) is 3.92. The van der Waals surface area contributed by atoms with E-state index in [0.717, 1.165) is 0 Å². The summed E-state index contributed by atoms with van der Waals surface area (Å²) in [5.74, 6) is -2.30. The zero-order valence-electron chi connectivity index (χ0n) is 11.1. The van der Waals surface area contributed by atoms with Crippen LogP contribution in [0.2, 0.25) is 0 Å². The Morgan fingerprint density at radius 3 is 2.20 bits per heavy atom. The van der Waals surface area contributed by atoms with E-state index in [1.54, 1.807) is 14.0 Å². The van der Waals surface area contributed by atoms with Crippen molar-refractivity contribution in [3.05, 3.63) is 58.9 Å². The van der Waals surface area contributed by atoms with Crippen molar-refractivity contribution in [3.63, 3.8) is 0 Å². The summed E-state index contributed by atoms with van der Waals surface area (Å²) in [7, 11) is 1.68. The molecule has 2 nitrogen and oxygen atoms in total. The number of hydrogen-bond donors (Lipinski definition) is 1. The Morgan fingerprint density at radius 2 is 1.65 bits per heavy atom. The number of hydrogen-bond acceptors (Lipinski definition) is 2. The van der Waals surface area contributed by atoms with E-state index in [4.69, 9.17) is 4.74 Å². The smallest absolute Gasteiger partial charge is 0.198 e. The molecule has 0 fully saturated rings. The first kappa shape index (κ1) is 14.4. The molecule has 0 aliphatic heterocycles. The van der Waals surface area contributed by atoms with Gasteiger partial charge in [-0.05, 0) is 55.4 Å². The highest BCUT2D eigenvalue weighted by atomic mass is 19.1. The summed E-state index contributed by atoms with van der Waals surface area (Å²) in [5.41, 5.74) is 0.820. The third-order valence-electron chi connectivity index (χ3n) is 2.79. The average molecular weight is 281 g/mol. The first-order valence-electron chi connectivity index (χ1n) is 6.08. The van der Waals surface area contributed by atoms with Gasteiger partial charge < -0.3 is 10.1 Å². The molecular weight excluding hydrogens is 267 g/mol. The van der Waals surface area contributed by atoms with Crippen LogP contribution in [0.1, 0.15) is 11.1 Å². The number of nitrogens with one attached hydrogen (secondary N) is 1. The molecule has 0 radical (unpaired) electrons. The molecule has 0 bridgehead atoms. The Hall–Kier alpha value is -2.01. The second kappa shape index (κ2) is 5.96. The van der Waals surface area contributed by atoms with Crippen molar-refractivity contribution in [1.82, 2.24) is 5.32 Å². The topological polar surface area (TPSA) is 21.3 Å². The van der Waals surface area contributed by atoms with Crippen LogP contribution in [0.5, 0.6) is 11.5 Å². The van der Waals surface area contributed by atoms with Gasteiger partial charge in [0.05, 0.1) is 0 Å². The largest absolute Gasteiger partial charge is 0.451 e. The normalized spacial score (nSPS) is 10.7. The van der Waals surface area contributed by atoms with Gasteiger partial charge in [-0.1, -0.05) is 0 Å². The van der Waals surface area contributed by atoms with Crippen molar-refractivity contribution in [2.75, 3.05) is 7.05 Å². The third-order valence-corrected chi connectivity index (χ3v) is 2.79. The fourth-order valence-electron chi connectivity index (χ4n) is 1.81. The van der Waals surface area contributed by atoms with E-state index < -0.39 is 23.2 Å². The molecule has 20 heavy (non-hydrogen) atoms. The fraction of sp³-hybridized carbons (Fsp3) is 0.200. The molecular formula is C15H14F3NO. The average Bonchev–Trinajstić information content (AvgIpc) is 2.38. The van der Waals surface area contributed by atoms with Gasteiger partial charge in [-0.15, -0.1) is 0 Å². The summed E-state index contributed by atoms with van der Waals surface area (Å²) in [6.45, 7) is 1.90. The molecule has 0 aromatic heterocycles. The van der Waals surface area contributed by atoms with Crippen LogP contribution in [-0.4, -0.2) is 7.05 Å². The van der Waals surface area contributed by atoms with E-state index in [-0.39, 0.29) is 5.75 Å². The van der Waals surface area contributed by atoms with Gasteiger partial charge in [0.25, 0.3) is 0 Å². The molecule has 2 aromatic rings. The zero-order chi connectivity index (χ0) is 14.7. The van der Waals surface area contributed by atoms with Crippen LogP contribution in [0.15, 0.2) is 30.3 Å². The number of benzene rings is 2. The van der Waals surface area contributed by atoms with Gasteiger partial charge in [-0.3, -0.25) is 0 Å². The van der Waals surface area contributed by atoms with E-state index in [1.807, 2.05) is 0 Å². The molecule has 0 amide bonds. The van der Waals surface area contributed by atoms with Crippen molar-refractivity contribution in [2.45, 2.75) is 13.5 Å². The molecule has 0 saturated heterocycles. The molecule has 0 spiro atoms.